The molecule has 0 fully saturated rings. The molecule has 5 heteroatoms. The summed E-state index contributed by atoms with van der Waals surface area (Å²) in [5.74, 6) is 0.264. The molecule has 0 spiro atoms. The molecule has 1 aliphatic heterocycles. The Labute approximate surface area is 82.5 Å². The van der Waals surface area contributed by atoms with Crippen LogP contribution in [0.25, 0.3) is 0 Å². The van der Waals surface area contributed by atoms with E-state index in [1.807, 2.05) is 0 Å². The lowest BCUT2D eigenvalue weighted by molar-refractivity contribution is 0.111. The molecule has 1 aromatic rings. The van der Waals surface area contributed by atoms with E-state index in [-0.39, 0.29) is 11.5 Å². The zero-order valence-electron chi connectivity index (χ0n) is 7.86. The number of aromatic nitrogens is 1. The number of hydrogen-bond acceptors (Lipinski definition) is 3. The topological polar surface area (TPSA) is 56.1 Å². The van der Waals surface area contributed by atoms with Gasteiger partial charge in [0, 0.05) is 19.2 Å². The van der Waals surface area contributed by atoms with E-state index in [1.165, 1.54) is 0 Å². The monoisotopic (exact) mass is 213 g/mol. The first-order valence-corrected chi connectivity index (χ1v) is 6.19. The first kappa shape index (κ1) is 9.45. The number of carbonyl (C=O) groups is 1. The Kier molecular flexibility index (Phi) is 1.99. The molecule has 0 saturated heterocycles. The Hall–Kier alpha value is -1.10. The summed E-state index contributed by atoms with van der Waals surface area (Å²) in [5.41, 5.74) is 2.30. The van der Waals surface area contributed by atoms with Gasteiger partial charge in [-0.3, -0.25) is 4.79 Å². The number of aldehydes is 1. The van der Waals surface area contributed by atoms with Crippen LogP contribution < -0.4 is 0 Å². The molecule has 0 aliphatic carbocycles. The summed E-state index contributed by atoms with van der Waals surface area (Å²) in [5, 5.41) is 0. The van der Waals surface area contributed by atoms with Crippen LogP contribution in [0.5, 0.6) is 0 Å². The zero-order valence-corrected chi connectivity index (χ0v) is 8.67. The number of fused-ring (bicyclic) bond motifs is 1. The highest BCUT2D eigenvalue weighted by Gasteiger charge is 2.24. The van der Waals surface area contributed by atoms with Crippen molar-refractivity contribution in [3.63, 3.8) is 0 Å². The largest absolute Gasteiger partial charge is 0.345 e. The lowest BCUT2D eigenvalue weighted by Gasteiger charge is -2.13. The van der Waals surface area contributed by atoms with Gasteiger partial charge in [0.05, 0.1) is 17.2 Å². The van der Waals surface area contributed by atoms with Gasteiger partial charge in [0.1, 0.15) is 0 Å². The molecule has 0 radical (unpaired) electrons. The van der Waals surface area contributed by atoms with Crippen molar-refractivity contribution in [3.8, 4) is 0 Å². The van der Waals surface area contributed by atoms with Crippen molar-refractivity contribution < 1.29 is 13.2 Å². The van der Waals surface area contributed by atoms with Gasteiger partial charge in [0.15, 0.2) is 16.1 Å². The molecule has 1 aliphatic rings. The highest BCUT2D eigenvalue weighted by molar-refractivity contribution is 7.90. The lowest BCUT2D eigenvalue weighted by Crippen LogP contribution is -2.19. The SMILES string of the molecule is Cn1c(C=O)cc2c1CCS(=O)(=O)C2. The molecule has 0 unspecified atom stereocenters. The van der Waals surface area contributed by atoms with Crippen molar-refractivity contribution in [3.05, 3.63) is 23.0 Å². The van der Waals surface area contributed by atoms with Crippen molar-refractivity contribution in [2.75, 3.05) is 5.75 Å². The molecule has 0 aromatic carbocycles. The quantitative estimate of drug-likeness (QED) is 0.631. The molecule has 4 nitrogen and oxygen atoms in total. The predicted molar refractivity (Wildman–Crippen MR) is 52.0 cm³/mol. The molecule has 0 atom stereocenters. The molecule has 2 heterocycles. The van der Waals surface area contributed by atoms with Gasteiger partial charge in [0.2, 0.25) is 0 Å². The maximum atomic E-state index is 11.3. The second kappa shape index (κ2) is 2.95. The minimum absolute atomic E-state index is 0.0734. The van der Waals surface area contributed by atoms with E-state index in [0.717, 1.165) is 17.5 Å². The summed E-state index contributed by atoms with van der Waals surface area (Å²) in [4.78, 5) is 10.6. The molecular formula is C9H11NO3S. The smallest absolute Gasteiger partial charge is 0.166 e. The summed E-state index contributed by atoms with van der Waals surface area (Å²) in [6.45, 7) is 0. The van der Waals surface area contributed by atoms with Crippen molar-refractivity contribution in [2.45, 2.75) is 12.2 Å². The first-order chi connectivity index (χ1) is 6.53. The third-order valence-corrected chi connectivity index (χ3v) is 4.21. The summed E-state index contributed by atoms with van der Waals surface area (Å²) >= 11 is 0. The number of sulfone groups is 1. The average molecular weight is 213 g/mol. The molecule has 0 amide bonds. The molecule has 14 heavy (non-hydrogen) atoms. The van der Waals surface area contributed by atoms with Crippen LogP contribution in [-0.4, -0.2) is 25.0 Å². The number of nitrogens with zero attached hydrogens (tertiary/aromatic N) is 1. The summed E-state index contributed by atoms with van der Waals surface area (Å²) < 4.78 is 24.4. The fourth-order valence-electron chi connectivity index (χ4n) is 1.86. The zero-order chi connectivity index (χ0) is 10.3. The van der Waals surface area contributed by atoms with Crippen LogP contribution in [-0.2, 0) is 29.1 Å². The van der Waals surface area contributed by atoms with E-state index in [0.29, 0.717) is 12.1 Å². The Bertz CT molecular complexity index is 484. The summed E-state index contributed by atoms with van der Waals surface area (Å²) in [6, 6.07) is 1.67. The molecule has 1 aromatic heterocycles. The summed E-state index contributed by atoms with van der Waals surface area (Å²) in [7, 11) is -1.14. The maximum Gasteiger partial charge on any atom is 0.166 e. The second-order valence-electron chi connectivity index (χ2n) is 3.56. The first-order valence-electron chi connectivity index (χ1n) is 4.36. The van der Waals surface area contributed by atoms with Crippen LogP contribution in [0.4, 0.5) is 0 Å². The summed E-state index contributed by atoms with van der Waals surface area (Å²) in [6.07, 6.45) is 1.27. The van der Waals surface area contributed by atoms with Crippen LogP contribution in [0, 0.1) is 0 Å². The fraction of sp³-hybridized carbons (Fsp3) is 0.444. The third kappa shape index (κ3) is 1.37. The van der Waals surface area contributed by atoms with Gasteiger partial charge in [-0.1, -0.05) is 0 Å². The number of carbonyl (C=O) groups excluding carboxylic acids is 1. The van der Waals surface area contributed by atoms with E-state index in [2.05, 4.69) is 0 Å². The average Bonchev–Trinajstić information content (AvgIpc) is 2.40. The predicted octanol–water partition coefficient (Wildman–Crippen LogP) is 0.308. The third-order valence-electron chi connectivity index (χ3n) is 2.63. The second-order valence-corrected chi connectivity index (χ2v) is 5.74. The molecular weight excluding hydrogens is 202 g/mol. The van der Waals surface area contributed by atoms with E-state index in [4.69, 9.17) is 0 Å². The highest BCUT2D eigenvalue weighted by Crippen LogP contribution is 2.22. The normalized spacial score (nSPS) is 18.9. The van der Waals surface area contributed by atoms with E-state index >= 15 is 0 Å². The van der Waals surface area contributed by atoms with Crippen molar-refractivity contribution >= 4 is 16.1 Å². The van der Waals surface area contributed by atoms with Gasteiger partial charge in [-0.15, -0.1) is 0 Å². The van der Waals surface area contributed by atoms with Crippen molar-refractivity contribution in [2.24, 2.45) is 7.05 Å². The lowest BCUT2D eigenvalue weighted by atomic mass is 10.2. The van der Waals surface area contributed by atoms with Gasteiger partial charge < -0.3 is 4.57 Å². The Morgan fingerprint density at radius 1 is 1.50 bits per heavy atom. The van der Waals surface area contributed by atoms with Gasteiger partial charge in [0.25, 0.3) is 0 Å². The van der Waals surface area contributed by atoms with Crippen LogP contribution in [0.15, 0.2) is 6.07 Å². The van der Waals surface area contributed by atoms with Crippen LogP contribution in [0.2, 0.25) is 0 Å². The van der Waals surface area contributed by atoms with Crippen LogP contribution in [0.3, 0.4) is 0 Å². The van der Waals surface area contributed by atoms with Gasteiger partial charge >= 0.3 is 0 Å². The van der Waals surface area contributed by atoms with Crippen LogP contribution >= 0.6 is 0 Å². The maximum absolute atomic E-state index is 11.3. The Balaban J connectivity index is 2.55. The number of rotatable bonds is 1. The minimum Gasteiger partial charge on any atom is -0.345 e. The standard InChI is InChI=1S/C9H11NO3S/c1-10-8(5-11)4-7-6-14(12,13)3-2-9(7)10/h4-5H,2-3,6H2,1H3. The fourth-order valence-corrected chi connectivity index (χ4v) is 3.23. The van der Waals surface area contributed by atoms with E-state index in [9.17, 15) is 13.2 Å². The Morgan fingerprint density at radius 3 is 2.86 bits per heavy atom. The van der Waals surface area contributed by atoms with Gasteiger partial charge in [-0.25, -0.2) is 8.42 Å². The molecule has 76 valence electrons. The molecule has 2 rings (SSSR count). The van der Waals surface area contributed by atoms with Crippen molar-refractivity contribution in [1.82, 2.24) is 4.57 Å². The van der Waals surface area contributed by atoms with Gasteiger partial charge in [-0.2, -0.15) is 0 Å². The van der Waals surface area contributed by atoms with Crippen molar-refractivity contribution in [1.29, 1.82) is 0 Å². The highest BCUT2D eigenvalue weighted by atomic mass is 32.2. The van der Waals surface area contributed by atoms with Gasteiger partial charge in [-0.05, 0) is 11.6 Å². The van der Waals surface area contributed by atoms with E-state index < -0.39 is 9.84 Å². The van der Waals surface area contributed by atoms with E-state index in [1.54, 1.807) is 17.7 Å². The molecule has 0 N–H and O–H groups in total. The molecule has 0 bridgehead atoms. The Morgan fingerprint density at radius 2 is 2.21 bits per heavy atom. The minimum atomic E-state index is -2.94. The van der Waals surface area contributed by atoms with Crippen LogP contribution in [0.1, 0.15) is 21.7 Å². The molecule has 0 saturated carbocycles. The number of hydrogen-bond donors (Lipinski definition) is 0.